The van der Waals surface area contributed by atoms with Crippen LogP contribution in [0.5, 0.6) is 0 Å². The molecule has 0 saturated carbocycles. The highest BCUT2D eigenvalue weighted by molar-refractivity contribution is 6.25. The van der Waals surface area contributed by atoms with Crippen LogP contribution >= 0.6 is 0 Å². The summed E-state index contributed by atoms with van der Waals surface area (Å²) in [6.07, 6.45) is 3.04. The van der Waals surface area contributed by atoms with E-state index in [2.05, 4.69) is 17.1 Å². The van der Waals surface area contributed by atoms with Gasteiger partial charge in [0.2, 0.25) is 0 Å². The monoisotopic (exact) mass is 391 g/mol. The van der Waals surface area contributed by atoms with Crippen LogP contribution in [0.25, 0.3) is 5.57 Å². The van der Waals surface area contributed by atoms with Crippen LogP contribution in [0.3, 0.4) is 0 Å². The summed E-state index contributed by atoms with van der Waals surface area (Å²) in [5, 5.41) is 0. The molecule has 1 aromatic heterocycles. The Morgan fingerprint density at radius 1 is 1.17 bits per heavy atom. The Bertz CT molecular complexity index is 934. The number of ether oxygens (including phenoxy) is 1. The normalized spacial score (nSPS) is 16.6. The Morgan fingerprint density at radius 3 is 2.45 bits per heavy atom. The van der Waals surface area contributed by atoms with Crippen molar-refractivity contribution in [2.24, 2.45) is 11.8 Å². The molecule has 0 bridgehead atoms. The van der Waals surface area contributed by atoms with E-state index in [9.17, 15) is 9.59 Å². The van der Waals surface area contributed by atoms with Crippen LogP contribution in [0.1, 0.15) is 54.6 Å². The van der Waals surface area contributed by atoms with Crippen LogP contribution in [0.2, 0.25) is 0 Å². The molecule has 1 aromatic carbocycles. The minimum Gasteiger partial charge on any atom is -0.430 e. The first-order valence-electron chi connectivity index (χ1n) is 10.2. The van der Waals surface area contributed by atoms with Gasteiger partial charge in [-0.1, -0.05) is 37.6 Å². The van der Waals surface area contributed by atoms with E-state index in [1.54, 1.807) is 6.20 Å². The Balaban J connectivity index is 1.99. The highest BCUT2D eigenvalue weighted by Gasteiger charge is 2.37. The number of esters is 1. The molecule has 2 aromatic rings. The minimum atomic E-state index is -0.277. The lowest BCUT2D eigenvalue weighted by atomic mass is 9.90. The van der Waals surface area contributed by atoms with Gasteiger partial charge >= 0.3 is 5.97 Å². The Morgan fingerprint density at radius 2 is 1.86 bits per heavy atom. The van der Waals surface area contributed by atoms with Gasteiger partial charge in [0.25, 0.3) is 0 Å². The van der Waals surface area contributed by atoms with E-state index in [-0.39, 0.29) is 23.6 Å². The molecule has 0 radical (unpaired) electrons. The van der Waals surface area contributed by atoms with Gasteiger partial charge < -0.3 is 4.74 Å². The number of carbonyl (C=O) groups excluding carboxylic acids is 2. The third-order valence-electron chi connectivity index (χ3n) is 5.25. The van der Waals surface area contributed by atoms with E-state index >= 15 is 0 Å². The van der Waals surface area contributed by atoms with Gasteiger partial charge in [0, 0.05) is 37.1 Å². The fraction of sp³-hybridized carbons (Fsp3) is 0.400. The Labute approximate surface area is 173 Å². The molecule has 0 aliphatic heterocycles. The first-order valence-corrected chi connectivity index (χ1v) is 10.2. The smallest absolute Gasteiger partial charge is 0.311 e. The molecule has 3 rings (SSSR count). The predicted octanol–water partition coefficient (Wildman–Crippen LogP) is 5.14. The van der Waals surface area contributed by atoms with Gasteiger partial charge in [0.05, 0.1) is 5.57 Å². The average molecular weight is 392 g/mol. The Kier molecular flexibility index (Phi) is 6.31. The second kappa shape index (κ2) is 8.73. The van der Waals surface area contributed by atoms with E-state index in [1.165, 1.54) is 0 Å². The largest absolute Gasteiger partial charge is 0.430 e. The van der Waals surface area contributed by atoms with Crippen LogP contribution in [0.4, 0.5) is 0 Å². The number of Topliss-reactive ketones (excluding diaryl/α,β-unsaturated/α-hetero) is 1. The van der Waals surface area contributed by atoms with Crippen LogP contribution in [-0.4, -0.2) is 16.7 Å². The summed E-state index contributed by atoms with van der Waals surface area (Å²) >= 11 is 0. The maximum atomic E-state index is 13.4. The first-order chi connectivity index (χ1) is 13.8. The molecule has 1 aliphatic rings. The first kappa shape index (κ1) is 21.0. The number of pyridine rings is 1. The van der Waals surface area contributed by atoms with Crippen molar-refractivity contribution < 1.29 is 14.3 Å². The van der Waals surface area contributed by atoms with Crippen LogP contribution in [0.15, 0.2) is 42.3 Å². The lowest BCUT2D eigenvalue weighted by Gasteiger charge is -2.14. The molecule has 0 amide bonds. The molecule has 1 heterocycles. The number of aromatic nitrogens is 1. The van der Waals surface area contributed by atoms with E-state index in [1.807, 2.05) is 52.8 Å². The number of nitrogens with zero attached hydrogens (tertiary/aromatic N) is 1. The molecule has 0 spiro atoms. The van der Waals surface area contributed by atoms with Gasteiger partial charge in [-0.05, 0) is 55.5 Å². The lowest BCUT2D eigenvalue weighted by molar-refractivity contribution is -0.140. The van der Waals surface area contributed by atoms with Gasteiger partial charge in [0.15, 0.2) is 5.78 Å². The van der Waals surface area contributed by atoms with Gasteiger partial charge in [0.1, 0.15) is 5.76 Å². The summed E-state index contributed by atoms with van der Waals surface area (Å²) in [7, 11) is 0. The van der Waals surface area contributed by atoms with Crippen LogP contribution < -0.4 is 0 Å². The molecule has 0 N–H and O–H groups in total. The second-order valence-electron chi connectivity index (χ2n) is 8.43. The van der Waals surface area contributed by atoms with E-state index < -0.39 is 0 Å². The molecule has 1 unspecified atom stereocenters. The molecule has 4 nitrogen and oxygen atoms in total. The number of aryl methyl sites for hydroxylation is 3. The summed E-state index contributed by atoms with van der Waals surface area (Å²) in [6.45, 7) is 10.0. The third kappa shape index (κ3) is 4.81. The van der Waals surface area contributed by atoms with E-state index in [0.29, 0.717) is 30.6 Å². The number of benzene rings is 1. The van der Waals surface area contributed by atoms with Crippen molar-refractivity contribution >= 4 is 17.3 Å². The van der Waals surface area contributed by atoms with Crippen molar-refractivity contribution in [3.8, 4) is 0 Å². The fourth-order valence-electron chi connectivity index (χ4n) is 4.14. The Hall–Kier alpha value is -2.75. The number of hydrogen-bond donors (Lipinski definition) is 0. The second-order valence-corrected chi connectivity index (χ2v) is 8.43. The van der Waals surface area contributed by atoms with Crippen molar-refractivity contribution in [1.29, 1.82) is 0 Å². The van der Waals surface area contributed by atoms with Gasteiger partial charge in [-0.2, -0.15) is 0 Å². The quantitative estimate of drug-likeness (QED) is 0.640. The molecule has 0 fully saturated rings. The van der Waals surface area contributed by atoms with E-state index in [4.69, 9.17) is 4.74 Å². The van der Waals surface area contributed by atoms with Crippen molar-refractivity contribution in [3.05, 3.63) is 70.2 Å². The van der Waals surface area contributed by atoms with E-state index in [0.717, 1.165) is 27.9 Å². The molecule has 152 valence electrons. The van der Waals surface area contributed by atoms with Crippen molar-refractivity contribution in [3.63, 3.8) is 0 Å². The lowest BCUT2D eigenvalue weighted by Crippen LogP contribution is -2.14. The van der Waals surface area contributed by atoms with Crippen LogP contribution in [0, 0.1) is 32.6 Å². The van der Waals surface area contributed by atoms with Crippen molar-refractivity contribution in [2.45, 2.75) is 53.9 Å². The molecule has 0 saturated heterocycles. The fourth-order valence-corrected chi connectivity index (χ4v) is 4.14. The highest BCUT2D eigenvalue weighted by Crippen LogP contribution is 2.40. The number of rotatable bonds is 6. The van der Waals surface area contributed by atoms with Gasteiger partial charge in [-0.25, -0.2) is 0 Å². The zero-order valence-corrected chi connectivity index (χ0v) is 17.9. The summed E-state index contributed by atoms with van der Waals surface area (Å²) in [5.41, 5.74) is 5.55. The molecule has 29 heavy (non-hydrogen) atoms. The predicted molar refractivity (Wildman–Crippen MR) is 114 cm³/mol. The number of ketones is 1. The number of hydrogen-bond acceptors (Lipinski definition) is 4. The number of carbonyl (C=O) groups is 2. The minimum absolute atomic E-state index is 0.0399. The summed E-state index contributed by atoms with van der Waals surface area (Å²) in [6, 6.07) is 9.86. The molecular weight excluding hydrogens is 362 g/mol. The maximum Gasteiger partial charge on any atom is 0.311 e. The summed E-state index contributed by atoms with van der Waals surface area (Å²) in [4.78, 5) is 30.2. The van der Waals surface area contributed by atoms with Crippen molar-refractivity contribution in [2.75, 3.05) is 0 Å². The van der Waals surface area contributed by atoms with Gasteiger partial charge in [-0.3, -0.25) is 14.6 Å². The van der Waals surface area contributed by atoms with Crippen LogP contribution in [-0.2, 0) is 20.7 Å². The highest BCUT2D eigenvalue weighted by atomic mass is 16.5. The van der Waals surface area contributed by atoms with Crippen molar-refractivity contribution in [1.82, 2.24) is 4.98 Å². The maximum absolute atomic E-state index is 13.4. The zero-order valence-electron chi connectivity index (χ0n) is 17.9. The average Bonchev–Trinajstić information content (AvgIpc) is 2.90. The zero-order chi connectivity index (χ0) is 21.1. The SMILES string of the molecule is Cc1cc(C)c(C2=C(OC(=O)CC(C)C)CC(Cc3ccccn3)C2=O)c(C)c1. The third-order valence-corrected chi connectivity index (χ3v) is 5.25. The molecule has 1 atom stereocenters. The number of allylic oxidation sites excluding steroid dienone is 2. The topological polar surface area (TPSA) is 56.3 Å². The summed E-state index contributed by atoms with van der Waals surface area (Å²) < 4.78 is 5.77. The standard InChI is InChI=1S/C25H29NO3/c1-15(2)10-22(27)29-21-14-19(13-20-8-6-7-9-26-20)25(28)24(21)23-17(4)11-16(3)12-18(23)5/h6-9,11-12,15,19H,10,13-14H2,1-5H3. The molecule has 4 heteroatoms. The van der Waals surface area contributed by atoms with Gasteiger partial charge in [-0.15, -0.1) is 0 Å². The molecular formula is C25H29NO3. The summed E-state index contributed by atoms with van der Waals surface area (Å²) in [5.74, 6) is 0.216. The molecule has 1 aliphatic carbocycles.